The van der Waals surface area contributed by atoms with Crippen LogP contribution < -0.4 is 0 Å². The molecule has 0 fully saturated rings. The molecule has 2 aromatic carbocycles. The summed E-state index contributed by atoms with van der Waals surface area (Å²) < 4.78 is 0. The summed E-state index contributed by atoms with van der Waals surface area (Å²) in [6, 6.07) is 19.2. The molecular weight excluding hydrogens is 286 g/mol. The van der Waals surface area contributed by atoms with Crippen LogP contribution in [-0.2, 0) is 11.2 Å². The number of amides is 1. The highest BCUT2D eigenvalue weighted by atomic mass is 16.3. The van der Waals surface area contributed by atoms with Crippen molar-refractivity contribution < 1.29 is 9.90 Å². The fourth-order valence-electron chi connectivity index (χ4n) is 2.74. The topological polar surface area (TPSA) is 40.5 Å². The molecule has 0 aliphatic rings. The van der Waals surface area contributed by atoms with Crippen LogP contribution in [0, 0.1) is 5.92 Å². The molecule has 2 aromatic rings. The second-order valence-electron chi connectivity index (χ2n) is 6.14. The highest BCUT2D eigenvalue weighted by molar-refractivity contribution is 5.79. The Labute approximate surface area is 138 Å². The van der Waals surface area contributed by atoms with Crippen LogP contribution in [0.4, 0.5) is 0 Å². The molecule has 0 heterocycles. The van der Waals surface area contributed by atoms with Gasteiger partial charge in [-0.3, -0.25) is 4.79 Å². The fraction of sp³-hybridized carbons (Fsp3) is 0.350. The Kier molecular flexibility index (Phi) is 5.94. The molecule has 0 radical (unpaired) electrons. The number of carbonyl (C=O) groups is 1. The van der Waals surface area contributed by atoms with E-state index in [2.05, 4.69) is 0 Å². The van der Waals surface area contributed by atoms with Gasteiger partial charge >= 0.3 is 0 Å². The van der Waals surface area contributed by atoms with Gasteiger partial charge in [-0.25, -0.2) is 0 Å². The minimum absolute atomic E-state index is 0.0522. The predicted octanol–water partition coefficient (Wildman–Crippen LogP) is 3.45. The van der Waals surface area contributed by atoms with E-state index in [0.717, 1.165) is 11.1 Å². The molecule has 3 heteroatoms. The molecule has 0 aliphatic heterocycles. The molecule has 3 atom stereocenters. The molecule has 0 spiro atoms. The Morgan fingerprint density at radius 1 is 1.00 bits per heavy atom. The minimum Gasteiger partial charge on any atom is -0.386 e. The standard InChI is InChI=1S/C20H25NO2/c1-15(14-17-10-6-4-7-11-17)20(23)21(3)16(2)19(22)18-12-8-5-9-13-18/h4-13,15-16,19,22H,14H2,1-3H3. The number of aliphatic hydroxyl groups is 1. The predicted molar refractivity (Wildman–Crippen MR) is 92.9 cm³/mol. The van der Waals surface area contributed by atoms with Crippen molar-refractivity contribution in [3.8, 4) is 0 Å². The Morgan fingerprint density at radius 3 is 2.09 bits per heavy atom. The second kappa shape index (κ2) is 7.93. The van der Waals surface area contributed by atoms with Gasteiger partial charge in [0.1, 0.15) is 0 Å². The van der Waals surface area contributed by atoms with E-state index in [9.17, 15) is 9.90 Å². The normalized spacial score (nSPS) is 14.8. The Balaban J connectivity index is 2.00. The number of hydrogen-bond acceptors (Lipinski definition) is 2. The van der Waals surface area contributed by atoms with Crippen LogP contribution in [0.1, 0.15) is 31.1 Å². The molecule has 23 heavy (non-hydrogen) atoms. The van der Waals surface area contributed by atoms with Crippen molar-refractivity contribution in [1.29, 1.82) is 0 Å². The molecule has 3 nitrogen and oxygen atoms in total. The van der Waals surface area contributed by atoms with E-state index in [1.54, 1.807) is 11.9 Å². The molecule has 2 rings (SSSR count). The van der Waals surface area contributed by atoms with Crippen LogP contribution >= 0.6 is 0 Å². The molecule has 0 saturated carbocycles. The van der Waals surface area contributed by atoms with Crippen molar-refractivity contribution in [3.63, 3.8) is 0 Å². The summed E-state index contributed by atoms with van der Waals surface area (Å²) in [5.41, 5.74) is 1.98. The number of carbonyl (C=O) groups excluding carboxylic acids is 1. The third-order valence-electron chi connectivity index (χ3n) is 4.36. The van der Waals surface area contributed by atoms with Crippen LogP contribution in [0.25, 0.3) is 0 Å². The van der Waals surface area contributed by atoms with Gasteiger partial charge < -0.3 is 10.0 Å². The Hall–Kier alpha value is -2.13. The largest absolute Gasteiger partial charge is 0.386 e. The lowest BCUT2D eigenvalue weighted by Gasteiger charge is -2.31. The maximum absolute atomic E-state index is 12.6. The van der Waals surface area contributed by atoms with Gasteiger partial charge in [-0.2, -0.15) is 0 Å². The maximum Gasteiger partial charge on any atom is 0.225 e. The average Bonchev–Trinajstić information content (AvgIpc) is 2.60. The van der Waals surface area contributed by atoms with Crippen molar-refractivity contribution in [2.75, 3.05) is 7.05 Å². The van der Waals surface area contributed by atoms with E-state index >= 15 is 0 Å². The number of hydrogen-bond donors (Lipinski definition) is 1. The lowest BCUT2D eigenvalue weighted by atomic mass is 9.97. The maximum atomic E-state index is 12.6. The molecule has 122 valence electrons. The molecular formula is C20H25NO2. The summed E-state index contributed by atoms with van der Waals surface area (Å²) in [5, 5.41) is 10.5. The second-order valence-corrected chi connectivity index (χ2v) is 6.14. The first-order valence-corrected chi connectivity index (χ1v) is 8.04. The number of benzene rings is 2. The van der Waals surface area contributed by atoms with E-state index in [1.807, 2.05) is 74.5 Å². The van der Waals surface area contributed by atoms with Crippen molar-refractivity contribution in [1.82, 2.24) is 4.90 Å². The number of rotatable bonds is 6. The quantitative estimate of drug-likeness (QED) is 0.887. The van der Waals surface area contributed by atoms with E-state index in [4.69, 9.17) is 0 Å². The number of likely N-dealkylation sites (N-methyl/N-ethyl adjacent to an activating group) is 1. The molecule has 0 bridgehead atoms. The molecule has 0 aliphatic carbocycles. The summed E-state index contributed by atoms with van der Waals surface area (Å²) in [6.45, 7) is 3.82. The van der Waals surface area contributed by atoms with E-state index < -0.39 is 6.10 Å². The highest BCUT2D eigenvalue weighted by Gasteiger charge is 2.27. The molecule has 0 aromatic heterocycles. The Bertz CT molecular complexity index is 612. The average molecular weight is 311 g/mol. The zero-order valence-corrected chi connectivity index (χ0v) is 14.0. The van der Waals surface area contributed by atoms with Crippen molar-refractivity contribution >= 4 is 5.91 Å². The molecule has 1 amide bonds. The van der Waals surface area contributed by atoms with Crippen molar-refractivity contribution in [2.24, 2.45) is 5.92 Å². The van der Waals surface area contributed by atoms with Crippen LogP contribution in [0.3, 0.4) is 0 Å². The van der Waals surface area contributed by atoms with Crippen LogP contribution in [0.5, 0.6) is 0 Å². The molecule has 3 unspecified atom stereocenters. The Morgan fingerprint density at radius 2 is 1.52 bits per heavy atom. The SMILES string of the molecule is CC(Cc1ccccc1)C(=O)N(C)C(C)C(O)c1ccccc1. The minimum atomic E-state index is -0.686. The van der Waals surface area contributed by atoms with Gasteiger partial charge in [-0.05, 0) is 24.5 Å². The van der Waals surface area contributed by atoms with E-state index in [0.29, 0.717) is 6.42 Å². The first-order valence-electron chi connectivity index (χ1n) is 8.04. The third kappa shape index (κ3) is 4.42. The zero-order valence-electron chi connectivity index (χ0n) is 14.0. The van der Waals surface area contributed by atoms with E-state index in [-0.39, 0.29) is 17.9 Å². The summed E-state index contributed by atoms with van der Waals surface area (Å²) in [5.74, 6) is -0.0656. The number of aliphatic hydroxyl groups excluding tert-OH is 1. The summed E-state index contributed by atoms with van der Waals surface area (Å²) >= 11 is 0. The summed E-state index contributed by atoms with van der Waals surface area (Å²) in [4.78, 5) is 14.3. The van der Waals surface area contributed by atoms with Gasteiger partial charge in [0.25, 0.3) is 0 Å². The van der Waals surface area contributed by atoms with Gasteiger partial charge in [-0.1, -0.05) is 67.6 Å². The monoisotopic (exact) mass is 311 g/mol. The summed E-state index contributed by atoms with van der Waals surface area (Å²) in [7, 11) is 1.76. The van der Waals surface area contributed by atoms with Gasteiger partial charge in [-0.15, -0.1) is 0 Å². The van der Waals surface area contributed by atoms with Crippen LogP contribution in [0.15, 0.2) is 60.7 Å². The zero-order chi connectivity index (χ0) is 16.8. The fourth-order valence-corrected chi connectivity index (χ4v) is 2.74. The van der Waals surface area contributed by atoms with Crippen molar-refractivity contribution in [2.45, 2.75) is 32.4 Å². The van der Waals surface area contributed by atoms with Crippen molar-refractivity contribution in [3.05, 3.63) is 71.8 Å². The first kappa shape index (κ1) is 17.2. The first-order chi connectivity index (χ1) is 11.0. The lowest BCUT2D eigenvalue weighted by molar-refractivity contribution is -0.137. The molecule has 0 saturated heterocycles. The van der Waals surface area contributed by atoms with Gasteiger partial charge in [0.15, 0.2) is 0 Å². The van der Waals surface area contributed by atoms with E-state index in [1.165, 1.54) is 0 Å². The lowest BCUT2D eigenvalue weighted by Crippen LogP contribution is -2.42. The van der Waals surface area contributed by atoms with Crippen LogP contribution in [0.2, 0.25) is 0 Å². The molecule has 1 N–H and O–H groups in total. The van der Waals surface area contributed by atoms with Gasteiger partial charge in [0, 0.05) is 13.0 Å². The van der Waals surface area contributed by atoms with Gasteiger partial charge in [0.05, 0.1) is 12.1 Å². The van der Waals surface area contributed by atoms with Gasteiger partial charge in [0.2, 0.25) is 5.91 Å². The highest BCUT2D eigenvalue weighted by Crippen LogP contribution is 2.21. The summed E-state index contributed by atoms with van der Waals surface area (Å²) in [6.07, 6.45) is 0.0205. The smallest absolute Gasteiger partial charge is 0.225 e. The third-order valence-corrected chi connectivity index (χ3v) is 4.36. The van der Waals surface area contributed by atoms with Crippen LogP contribution in [-0.4, -0.2) is 29.0 Å². The number of nitrogens with zero attached hydrogens (tertiary/aromatic N) is 1.